The van der Waals surface area contributed by atoms with E-state index < -0.39 is 11.8 Å². The molecule has 0 fully saturated rings. The summed E-state index contributed by atoms with van der Waals surface area (Å²) in [6.45, 7) is 3.70. The van der Waals surface area contributed by atoms with E-state index in [2.05, 4.69) is 10.6 Å². The second kappa shape index (κ2) is 8.59. The number of hydrogen-bond acceptors (Lipinski definition) is 5. The van der Waals surface area contributed by atoms with Crippen molar-refractivity contribution in [2.75, 3.05) is 12.4 Å². The molecule has 0 saturated carbocycles. The zero-order chi connectivity index (χ0) is 19.3. The molecule has 0 bridgehead atoms. The van der Waals surface area contributed by atoms with Crippen LogP contribution in [0.15, 0.2) is 30.3 Å². The Labute approximate surface area is 161 Å². The van der Waals surface area contributed by atoms with E-state index in [1.54, 1.807) is 19.3 Å². The van der Waals surface area contributed by atoms with E-state index in [0.29, 0.717) is 16.3 Å². The molecule has 0 unspecified atom stereocenters. The third-order valence-corrected chi connectivity index (χ3v) is 4.98. The standard InChI is InChI=1S/C18H19N3O3S2/c1-10-11(2)26-17(15(10)16(19)23)21-18(25)20-14(22)9-8-12-6-4-5-7-13(12)24-3/h4-9H,1-3H3,(H2,19,23)(H2,20,21,22,25). The second-order valence-electron chi connectivity index (χ2n) is 5.37. The number of amides is 2. The van der Waals surface area contributed by atoms with Gasteiger partial charge in [0.25, 0.3) is 5.91 Å². The number of thiocarbonyl (C=S) groups is 1. The van der Waals surface area contributed by atoms with Crippen LogP contribution in [0.4, 0.5) is 5.00 Å². The number of carbonyl (C=O) groups excluding carboxylic acids is 2. The second-order valence-corrected chi connectivity index (χ2v) is 7.00. The van der Waals surface area contributed by atoms with Crippen LogP contribution in [0.2, 0.25) is 0 Å². The Balaban J connectivity index is 2.04. The molecule has 6 nitrogen and oxygen atoms in total. The summed E-state index contributed by atoms with van der Waals surface area (Å²) in [5, 5.41) is 6.01. The SMILES string of the molecule is COc1ccccc1C=CC(=O)NC(=S)Nc1sc(C)c(C)c1C(N)=O. The van der Waals surface area contributed by atoms with Crippen LogP contribution in [0, 0.1) is 13.8 Å². The summed E-state index contributed by atoms with van der Waals surface area (Å²) in [7, 11) is 1.56. The highest BCUT2D eigenvalue weighted by atomic mass is 32.1. The van der Waals surface area contributed by atoms with Gasteiger partial charge in [-0.3, -0.25) is 14.9 Å². The number of aryl methyl sites for hydroxylation is 1. The van der Waals surface area contributed by atoms with Crippen molar-refractivity contribution in [1.82, 2.24) is 5.32 Å². The Hall–Kier alpha value is -2.71. The van der Waals surface area contributed by atoms with Crippen LogP contribution in [-0.2, 0) is 4.79 Å². The maximum Gasteiger partial charge on any atom is 0.251 e. The van der Waals surface area contributed by atoms with Gasteiger partial charge in [-0.25, -0.2) is 0 Å². The molecule has 2 amide bonds. The van der Waals surface area contributed by atoms with Crippen molar-refractivity contribution in [3.05, 3.63) is 51.9 Å². The average Bonchev–Trinajstić information content (AvgIpc) is 2.86. The fraction of sp³-hybridized carbons (Fsp3) is 0.167. The van der Waals surface area contributed by atoms with Gasteiger partial charge in [0.1, 0.15) is 10.8 Å². The Morgan fingerprint density at radius 1 is 1.27 bits per heavy atom. The van der Waals surface area contributed by atoms with Gasteiger partial charge in [0.2, 0.25) is 5.91 Å². The minimum absolute atomic E-state index is 0.0865. The largest absolute Gasteiger partial charge is 0.496 e. The lowest BCUT2D eigenvalue weighted by atomic mass is 10.1. The molecule has 1 aromatic carbocycles. The molecule has 2 aromatic rings. The third kappa shape index (κ3) is 4.68. The van der Waals surface area contributed by atoms with E-state index in [-0.39, 0.29) is 5.11 Å². The number of anilines is 1. The highest BCUT2D eigenvalue weighted by Gasteiger charge is 2.18. The number of ether oxygens (including phenoxy) is 1. The van der Waals surface area contributed by atoms with Gasteiger partial charge in [0, 0.05) is 16.5 Å². The number of methoxy groups -OCH3 is 1. The van der Waals surface area contributed by atoms with Crippen LogP contribution in [0.3, 0.4) is 0 Å². The number of hydrogen-bond donors (Lipinski definition) is 3. The monoisotopic (exact) mass is 389 g/mol. The molecular formula is C18H19N3O3S2. The Kier molecular flexibility index (Phi) is 6.48. The molecule has 0 spiro atoms. The Morgan fingerprint density at radius 3 is 2.62 bits per heavy atom. The van der Waals surface area contributed by atoms with Crippen LogP contribution in [0.25, 0.3) is 6.08 Å². The van der Waals surface area contributed by atoms with Crippen LogP contribution in [0.5, 0.6) is 5.75 Å². The topological polar surface area (TPSA) is 93.4 Å². The van der Waals surface area contributed by atoms with Gasteiger partial charge in [0.15, 0.2) is 5.11 Å². The molecule has 0 atom stereocenters. The van der Waals surface area contributed by atoms with E-state index >= 15 is 0 Å². The molecule has 26 heavy (non-hydrogen) atoms. The summed E-state index contributed by atoms with van der Waals surface area (Å²) in [6, 6.07) is 7.32. The van der Waals surface area contributed by atoms with E-state index in [1.807, 2.05) is 32.0 Å². The number of thiophene rings is 1. The highest BCUT2D eigenvalue weighted by Crippen LogP contribution is 2.31. The average molecular weight is 390 g/mol. The summed E-state index contributed by atoms with van der Waals surface area (Å²) in [5.41, 5.74) is 7.37. The number of primary amides is 1. The van der Waals surface area contributed by atoms with Gasteiger partial charge >= 0.3 is 0 Å². The number of benzene rings is 1. The quantitative estimate of drug-likeness (QED) is 0.540. The van der Waals surface area contributed by atoms with E-state index in [4.69, 9.17) is 22.7 Å². The summed E-state index contributed by atoms with van der Waals surface area (Å²) < 4.78 is 5.22. The molecule has 8 heteroatoms. The van der Waals surface area contributed by atoms with Gasteiger partial charge in [-0.2, -0.15) is 0 Å². The predicted octanol–water partition coefficient (Wildman–Crippen LogP) is 3.00. The molecule has 0 radical (unpaired) electrons. The Bertz CT molecular complexity index is 888. The number of nitrogens with two attached hydrogens (primary N) is 1. The molecule has 4 N–H and O–H groups in total. The molecule has 1 heterocycles. The van der Waals surface area contributed by atoms with Crippen molar-refractivity contribution < 1.29 is 14.3 Å². The third-order valence-electron chi connectivity index (χ3n) is 3.65. The van der Waals surface area contributed by atoms with Crippen LogP contribution in [-0.4, -0.2) is 24.0 Å². The van der Waals surface area contributed by atoms with E-state index in [9.17, 15) is 9.59 Å². The molecular weight excluding hydrogens is 370 g/mol. The van der Waals surface area contributed by atoms with E-state index in [1.165, 1.54) is 17.4 Å². The van der Waals surface area contributed by atoms with Crippen molar-refractivity contribution in [3.8, 4) is 5.75 Å². The summed E-state index contributed by atoms with van der Waals surface area (Å²) >= 11 is 6.50. The summed E-state index contributed by atoms with van der Waals surface area (Å²) in [5.74, 6) is -0.286. The molecule has 0 aliphatic rings. The zero-order valence-electron chi connectivity index (χ0n) is 14.6. The Morgan fingerprint density at radius 2 is 1.96 bits per heavy atom. The fourth-order valence-electron chi connectivity index (χ4n) is 2.27. The first kappa shape index (κ1) is 19.6. The maximum atomic E-state index is 12.1. The first-order chi connectivity index (χ1) is 12.3. The van der Waals surface area contributed by atoms with Crippen LogP contribution >= 0.6 is 23.6 Å². The lowest BCUT2D eigenvalue weighted by molar-refractivity contribution is -0.115. The molecule has 2 rings (SSSR count). The van der Waals surface area contributed by atoms with Gasteiger partial charge in [-0.15, -0.1) is 11.3 Å². The summed E-state index contributed by atoms with van der Waals surface area (Å²) in [4.78, 5) is 24.6. The minimum Gasteiger partial charge on any atom is -0.496 e. The smallest absolute Gasteiger partial charge is 0.251 e. The number of rotatable bonds is 5. The minimum atomic E-state index is -0.542. The molecule has 0 aliphatic heterocycles. The van der Waals surface area contributed by atoms with Gasteiger partial charge in [-0.05, 0) is 43.8 Å². The van der Waals surface area contributed by atoms with Crippen molar-refractivity contribution in [2.45, 2.75) is 13.8 Å². The highest BCUT2D eigenvalue weighted by molar-refractivity contribution is 7.80. The maximum absolute atomic E-state index is 12.1. The lowest BCUT2D eigenvalue weighted by Gasteiger charge is -2.08. The predicted molar refractivity (Wildman–Crippen MR) is 109 cm³/mol. The van der Waals surface area contributed by atoms with Crippen molar-refractivity contribution in [3.63, 3.8) is 0 Å². The van der Waals surface area contributed by atoms with Crippen molar-refractivity contribution >= 4 is 51.6 Å². The normalized spacial score (nSPS) is 10.6. The van der Waals surface area contributed by atoms with Gasteiger partial charge < -0.3 is 15.8 Å². The number of carbonyl (C=O) groups is 2. The van der Waals surface area contributed by atoms with Crippen LogP contribution in [0.1, 0.15) is 26.4 Å². The van der Waals surface area contributed by atoms with Gasteiger partial charge in [-0.1, -0.05) is 18.2 Å². The number of para-hydroxylation sites is 1. The first-order valence-electron chi connectivity index (χ1n) is 7.66. The fourth-order valence-corrected chi connectivity index (χ4v) is 3.61. The van der Waals surface area contributed by atoms with Crippen LogP contribution < -0.4 is 21.1 Å². The summed E-state index contributed by atoms with van der Waals surface area (Å²) in [6.07, 6.45) is 2.98. The molecule has 136 valence electrons. The molecule has 1 aromatic heterocycles. The lowest BCUT2D eigenvalue weighted by Crippen LogP contribution is -2.33. The molecule has 0 aliphatic carbocycles. The first-order valence-corrected chi connectivity index (χ1v) is 8.88. The molecule has 0 saturated heterocycles. The van der Waals surface area contributed by atoms with E-state index in [0.717, 1.165) is 16.0 Å². The zero-order valence-corrected chi connectivity index (χ0v) is 16.2. The van der Waals surface area contributed by atoms with Crippen molar-refractivity contribution in [2.24, 2.45) is 5.73 Å². The van der Waals surface area contributed by atoms with Crippen molar-refractivity contribution in [1.29, 1.82) is 0 Å². The number of nitrogens with one attached hydrogen (secondary N) is 2. The van der Waals surface area contributed by atoms with Gasteiger partial charge in [0.05, 0.1) is 12.7 Å².